The quantitative estimate of drug-likeness (QED) is 0.323. The van der Waals surface area contributed by atoms with Crippen molar-refractivity contribution in [2.75, 3.05) is 26.6 Å². The lowest BCUT2D eigenvalue weighted by atomic mass is 9.77. The fourth-order valence-corrected chi connectivity index (χ4v) is 5.52. The van der Waals surface area contributed by atoms with Crippen molar-refractivity contribution in [1.82, 2.24) is 14.8 Å². The molecule has 0 bridgehead atoms. The zero-order valence-corrected chi connectivity index (χ0v) is 22.6. The third kappa shape index (κ3) is 4.64. The molecular weight excluding hydrogens is 508 g/mol. The van der Waals surface area contributed by atoms with E-state index in [9.17, 15) is 4.79 Å². The molecule has 9 nitrogen and oxygen atoms in total. The predicted molar refractivity (Wildman–Crippen MR) is 149 cm³/mol. The van der Waals surface area contributed by atoms with E-state index >= 15 is 0 Å². The largest absolute Gasteiger partial charge is 0.493 e. The molecule has 1 aromatic heterocycles. The zero-order valence-electron chi connectivity index (χ0n) is 22.6. The lowest BCUT2D eigenvalue weighted by Gasteiger charge is -2.35. The summed E-state index contributed by atoms with van der Waals surface area (Å²) in [5, 5.41) is 7.83. The van der Waals surface area contributed by atoms with Crippen LogP contribution in [0.15, 0.2) is 84.3 Å². The number of fused-ring (bicyclic) bond motifs is 1. The molecule has 9 heteroatoms. The number of Topliss-reactive ketones (excluding diaryl/α,β-unsaturated/α-hetero) is 1. The summed E-state index contributed by atoms with van der Waals surface area (Å²) in [5.41, 5.74) is 4.54. The van der Waals surface area contributed by atoms with Crippen molar-refractivity contribution < 1.29 is 23.7 Å². The van der Waals surface area contributed by atoms with Gasteiger partial charge >= 0.3 is 0 Å². The summed E-state index contributed by atoms with van der Waals surface area (Å²) in [6.07, 6.45) is 2.48. The molecule has 204 valence electrons. The monoisotopic (exact) mass is 538 g/mol. The number of nitrogens with zero attached hydrogens (tertiary/aromatic N) is 3. The van der Waals surface area contributed by atoms with E-state index in [0.717, 1.165) is 28.1 Å². The molecule has 0 amide bonds. The van der Waals surface area contributed by atoms with Gasteiger partial charge in [0.15, 0.2) is 17.3 Å². The molecule has 40 heavy (non-hydrogen) atoms. The standard InChI is InChI=1S/C31H30N4O5/c1-37-26-15-22(16-27(38-2)30(26)39-3)21-13-24-28(25(36)14-21)29(35-31(34-24)32-18-33-35)20-9-11-23(12-10-20)40-17-19-7-5-4-6-8-19/h4-12,15-16,18,21,29H,13-14,17H2,1-3H3,(H,32,33,34)/t21-,29+/m1/s1. The van der Waals surface area contributed by atoms with E-state index in [1.54, 1.807) is 26.0 Å². The number of allylic oxidation sites excluding steroid dienone is 2. The minimum Gasteiger partial charge on any atom is -0.493 e. The van der Waals surface area contributed by atoms with Crippen LogP contribution >= 0.6 is 0 Å². The van der Waals surface area contributed by atoms with Gasteiger partial charge in [-0.3, -0.25) is 4.79 Å². The topological polar surface area (TPSA) is 96.7 Å². The Morgan fingerprint density at radius 2 is 1.62 bits per heavy atom. The highest BCUT2D eigenvalue weighted by atomic mass is 16.5. The summed E-state index contributed by atoms with van der Waals surface area (Å²) < 4.78 is 24.3. The minimum atomic E-state index is -0.384. The van der Waals surface area contributed by atoms with Crippen molar-refractivity contribution in [3.05, 3.63) is 101 Å². The van der Waals surface area contributed by atoms with Crippen LogP contribution in [0.2, 0.25) is 0 Å². The molecule has 2 heterocycles. The van der Waals surface area contributed by atoms with Crippen LogP contribution in [0.4, 0.5) is 5.95 Å². The number of anilines is 1. The highest BCUT2D eigenvalue weighted by molar-refractivity contribution is 6.00. The van der Waals surface area contributed by atoms with E-state index in [0.29, 0.717) is 48.2 Å². The number of benzene rings is 3. The number of methoxy groups -OCH3 is 3. The number of rotatable bonds is 8. The molecule has 3 aromatic carbocycles. The molecular formula is C31H30N4O5. The van der Waals surface area contributed by atoms with Gasteiger partial charge in [-0.25, -0.2) is 4.68 Å². The van der Waals surface area contributed by atoms with Crippen molar-refractivity contribution in [3.8, 4) is 23.0 Å². The molecule has 0 saturated carbocycles. The molecule has 0 radical (unpaired) electrons. The van der Waals surface area contributed by atoms with Crippen molar-refractivity contribution in [1.29, 1.82) is 0 Å². The van der Waals surface area contributed by atoms with Crippen LogP contribution in [-0.2, 0) is 11.4 Å². The Kier molecular flexibility index (Phi) is 6.86. The molecule has 6 rings (SSSR count). The van der Waals surface area contributed by atoms with Crippen LogP contribution in [0.3, 0.4) is 0 Å². The van der Waals surface area contributed by atoms with E-state index in [-0.39, 0.29) is 17.7 Å². The first-order valence-electron chi connectivity index (χ1n) is 13.1. The van der Waals surface area contributed by atoms with Crippen LogP contribution < -0.4 is 24.3 Å². The van der Waals surface area contributed by atoms with Gasteiger partial charge in [0.05, 0.1) is 21.3 Å². The van der Waals surface area contributed by atoms with Crippen LogP contribution in [0, 0.1) is 0 Å². The van der Waals surface area contributed by atoms with Crippen molar-refractivity contribution in [3.63, 3.8) is 0 Å². The van der Waals surface area contributed by atoms with E-state index in [1.807, 2.05) is 66.7 Å². The van der Waals surface area contributed by atoms with Crippen molar-refractivity contribution in [2.45, 2.75) is 31.4 Å². The fourth-order valence-electron chi connectivity index (χ4n) is 5.52. The Morgan fingerprint density at radius 1 is 0.900 bits per heavy atom. The summed E-state index contributed by atoms with van der Waals surface area (Å²) in [7, 11) is 4.75. The molecule has 0 saturated heterocycles. The Balaban J connectivity index is 1.30. The Morgan fingerprint density at radius 3 is 2.30 bits per heavy atom. The van der Waals surface area contributed by atoms with Crippen LogP contribution in [0.5, 0.6) is 23.0 Å². The molecule has 1 aliphatic carbocycles. The third-order valence-electron chi connectivity index (χ3n) is 7.46. The summed E-state index contributed by atoms with van der Waals surface area (Å²) >= 11 is 0. The van der Waals surface area contributed by atoms with Gasteiger partial charge in [0.25, 0.3) is 0 Å². The van der Waals surface area contributed by atoms with Crippen LogP contribution in [0.25, 0.3) is 0 Å². The molecule has 2 aliphatic rings. The molecule has 0 fully saturated rings. The number of ether oxygens (including phenoxy) is 4. The van der Waals surface area contributed by atoms with Crippen LogP contribution in [-0.4, -0.2) is 41.9 Å². The summed E-state index contributed by atoms with van der Waals surface area (Å²) in [6.45, 7) is 0.483. The lowest BCUT2D eigenvalue weighted by molar-refractivity contribution is -0.116. The molecule has 0 spiro atoms. The number of hydrogen-bond donors (Lipinski definition) is 1. The molecule has 0 unspecified atom stereocenters. The SMILES string of the molecule is COc1cc([C@H]2CC(=O)C3=C(C2)Nc2ncnn2[C@H]3c2ccc(OCc3ccccc3)cc2)cc(OC)c1OC. The van der Waals surface area contributed by atoms with Gasteiger partial charge in [-0.2, -0.15) is 10.1 Å². The molecule has 1 aliphatic heterocycles. The van der Waals surface area contributed by atoms with Crippen molar-refractivity contribution >= 4 is 11.7 Å². The second-order valence-electron chi connectivity index (χ2n) is 9.78. The number of aromatic nitrogens is 3. The highest BCUT2D eigenvalue weighted by Gasteiger charge is 2.39. The highest BCUT2D eigenvalue weighted by Crippen LogP contribution is 2.47. The number of ketones is 1. The van der Waals surface area contributed by atoms with E-state index in [1.165, 1.54) is 6.33 Å². The summed E-state index contributed by atoms with van der Waals surface area (Å²) in [6, 6.07) is 21.3. The maximum absolute atomic E-state index is 13.8. The van der Waals surface area contributed by atoms with Crippen LogP contribution in [0.1, 0.15) is 41.5 Å². The molecule has 2 atom stereocenters. The number of hydrogen-bond acceptors (Lipinski definition) is 8. The second-order valence-corrected chi connectivity index (χ2v) is 9.78. The summed E-state index contributed by atoms with van der Waals surface area (Å²) in [4.78, 5) is 18.2. The second kappa shape index (κ2) is 10.8. The van der Waals surface area contributed by atoms with Gasteiger partial charge in [-0.1, -0.05) is 42.5 Å². The number of carbonyl (C=O) groups excluding carboxylic acids is 1. The number of nitrogens with one attached hydrogen (secondary N) is 1. The van der Waals surface area contributed by atoms with Gasteiger partial charge in [0.2, 0.25) is 11.7 Å². The molecule has 1 N–H and O–H groups in total. The van der Waals surface area contributed by atoms with E-state index in [4.69, 9.17) is 18.9 Å². The third-order valence-corrected chi connectivity index (χ3v) is 7.46. The Labute approximate surface area is 232 Å². The smallest absolute Gasteiger partial charge is 0.226 e. The first-order valence-corrected chi connectivity index (χ1v) is 13.1. The zero-order chi connectivity index (χ0) is 27.6. The maximum Gasteiger partial charge on any atom is 0.226 e. The first-order chi connectivity index (χ1) is 19.6. The minimum absolute atomic E-state index is 0.0584. The average Bonchev–Trinajstić information content (AvgIpc) is 3.47. The maximum atomic E-state index is 13.8. The average molecular weight is 539 g/mol. The number of carbonyl (C=O) groups is 1. The van der Waals surface area contributed by atoms with Crippen molar-refractivity contribution in [2.24, 2.45) is 0 Å². The van der Waals surface area contributed by atoms with Gasteiger partial charge in [-0.15, -0.1) is 0 Å². The Hall–Kier alpha value is -4.79. The summed E-state index contributed by atoms with van der Waals surface area (Å²) in [5.74, 6) is 2.99. The lowest BCUT2D eigenvalue weighted by Crippen LogP contribution is -2.33. The van der Waals surface area contributed by atoms with Gasteiger partial charge in [0.1, 0.15) is 24.7 Å². The first kappa shape index (κ1) is 25.5. The van der Waals surface area contributed by atoms with Gasteiger partial charge in [0, 0.05) is 17.7 Å². The predicted octanol–water partition coefficient (Wildman–Crippen LogP) is 5.30. The normalized spacial score (nSPS) is 17.9. The molecule has 4 aromatic rings. The Bertz CT molecular complexity index is 1540. The van der Waals surface area contributed by atoms with E-state index < -0.39 is 0 Å². The van der Waals surface area contributed by atoms with E-state index in [2.05, 4.69) is 15.4 Å². The van der Waals surface area contributed by atoms with Gasteiger partial charge < -0.3 is 24.3 Å². The van der Waals surface area contributed by atoms with Gasteiger partial charge in [-0.05, 0) is 53.3 Å². The fraction of sp³-hybridized carbons (Fsp3) is 0.258.